The first kappa shape index (κ1) is 25.5. The van der Waals surface area contributed by atoms with Gasteiger partial charge >= 0.3 is 6.03 Å². The Morgan fingerprint density at radius 1 is 1.06 bits per heavy atom. The minimum absolute atomic E-state index is 0.196. The van der Waals surface area contributed by atoms with Gasteiger partial charge in [0, 0.05) is 46.0 Å². The molecule has 0 aliphatic heterocycles. The highest BCUT2D eigenvalue weighted by Gasteiger charge is 2.14. The van der Waals surface area contributed by atoms with Gasteiger partial charge in [-0.1, -0.05) is 53.5 Å². The summed E-state index contributed by atoms with van der Waals surface area (Å²) in [6, 6.07) is 17.5. The van der Waals surface area contributed by atoms with Crippen LogP contribution >= 0.6 is 34.5 Å². The van der Waals surface area contributed by atoms with Gasteiger partial charge < -0.3 is 21.3 Å². The normalized spacial score (nSPS) is 11.8. The number of anilines is 1. The minimum atomic E-state index is -0.278. The van der Waals surface area contributed by atoms with Crippen LogP contribution in [0.2, 0.25) is 10.0 Å². The second-order valence-corrected chi connectivity index (χ2v) is 9.70. The molecule has 1 atom stereocenters. The Hall–Kier alpha value is -2.09. The predicted octanol–water partition coefficient (Wildman–Crippen LogP) is 5.19. The van der Waals surface area contributed by atoms with Gasteiger partial charge in [0.1, 0.15) is 0 Å². The van der Waals surface area contributed by atoms with E-state index in [0.717, 1.165) is 32.5 Å². The highest BCUT2D eigenvalue weighted by atomic mass is 35.5. The Labute approximate surface area is 209 Å². The summed E-state index contributed by atoms with van der Waals surface area (Å²) in [5.41, 5.74) is 2.99. The van der Waals surface area contributed by atoms with Crippen LogP contribution in [-0.2, 0) is 0 Å². The number of amides is 2. The summed E-state index contributed by atoms with van der Waals surface area (Å²) >= 11 is 13.8. The van der Waals surface area contributed by atoms with Crippen LogP contribution in [0.25, 0.3) is 10.4 Å². The first-order valence-electron chi connectivity index (χ1n) is 11.2. The first-order valence-corrected chi connectivity index (χ1v) is 12.8. The first-order chi connectivity index (χ1) is 16.0. The van der Waals surface area contributed by atoms with Crippen LogP contribution in [0.15, 0.2) is 60.0 Å². The number of quaternary nitrogens is 1. The molecular formula is C25H31Cl2N4OS+. The molecule has 5 nitrogen and oxygen atoms in total. The molecule has 0 aliphatic rings. The number of nitrogens with one attached hydrogen (secondary N) is 3. The van der Waals surface area contributed by atoms with Crippen molar-refractivity contribution >= 4 is 46.3 Å². The van der Waals surface area contributed by atoms with Gasteiger partial charge in [-0.2, -0.15) is 0 Å². The van der Waals surface area contributed by atoms with E-state index in [9.17, 15) is 4.79 Å². The van der Waals surface area contributed by atoms with Gasteiger partial charge in [0.25, 0.3) is 0 Å². The Morgan fingerprint density at radius 2 is 1.82 bits per heavy atom. The molecule has 0 spiro atoms. The number of hydrogen-bond acceptors (Lipinski definition) is 3. The molecule has 8 heteroatoms. The van der Waals surface area contributed by atoms with Gasteiger partial charge in [0.15, 0.2) is 0 Å². The lowest BCUT2D eigenvalue weighted by atomic mass is 9.94. The molecule has 0 fully saturated rings. The van der Waals surface area contributed by atoms with E-state index in [2.05, 4.69) is 70.1 Å². The third kappa shape index (κ3) is 8.65. The SMILES string of the molecule is C[NH2+]CCCNCCC(CNC(=O)Nc1cc(Cl)cc(Cl)c1)c1ccc(-c2cccs2)cc1. The molecule has 0 radical (unpaired) electrons. The molecule has 3 rings (SSSR count). The highest BCUT2D eigenvalue weighted by Crippen LogP contribution is 2.27. The molecule has 0 aliphatic carbocycles. The number of rotatable bonds is 12. The molecule has 1 aromatic heterocycles. The standard InChI is InChI=1S/C25H30Cl2N4OS/c1-28-10-3-11-29-12-9-20(18-5-7-19(8-6-18)24-4-2-13-33-24)17-30-25(32)31-23-15-21(26)14-22(27)16-23/h2,4-8,13-16,20,28-29H,3,9-12,17H2,1H3,(H2,30,31,32)/p+1. The third-order valence-electron chi connectivity index (χ3n) is 5.33. The third-order valence-corrected chi connectivity index (χ3v) is 6.69. The van der Waals surface area contributed by atoms with Gasteiger partial charge in [-0.25, -0.2) is 4.79 Å². The summed E-state index contributed by atoms with van der Waals surface area (Å²) in [4.78, 5) is 13.8. The van der Waals surface area contributed by atoms with Crippen LogP contribution in [0.5, 0.6) is 0 Å². The Kier molecular flexibility index (Phi) is 10.5. The lowest BCUT2D eigenvalue weighted by Crippen LogP contribution is -2.79. The fourth-order valence-electron chi connectivity index (χ4n) is 3.60. The summed E-state index contributed by atoms with van der Waals surface area (Å²) in [7, 11) is 2.09. The predicted molar refractivity (Wildman–Crippen MR) is 141 cm³/mol. The fraction of sp³-hybridized carbons (Fsp3) is 0.320. The molecule has 5 N–H and O–H groups in total. The largest absolute Gasteiger partial charge is 0.349 e. The topological polar surface area (TPSA) is 69.8 Å². The summed E-state index contributed by atoms with van der Waals surface area (Å²) < 4.78 is 0. The zero-order valence-corrected chi connectivity index (χ0v) is 21.1. The van der Waals surface area contributed by atoms with Crippen molar-refractivity contribution in [3.05, 3.63) is 75.6 Å². The highest BCUT2D eigenvalue weighted by molar-refractivity contribution is 7.13. The number of urea groups is 1. The maximum Gasteiger partial charge on any atom is 0.319 e. The summed E-state index contributed by atoms with van der Waals surface area (Å²) in [5, 5.41) is 14.6. The van der Waals surface area contributed by atoms with Crippen LogP contribution in [0.1, 0.15) is 24.3 Å². The molecular weight excluding hydrogens is 475 g/mol. The number of nitrogens with two attached hydrogens (primary N) is 1. The molecule has 2 aromatic carbocycles. The Balaban J connectivity index is 1.60. The number of hydrogen-bond donors (Lipinski definition) is 4. The van der Waals surface area contributed by atoms with Gasteiger partial charge in [-0.05, 0) is 53.7 Å². The maximum atomic E-state index is 12.5. The molecule has 0 saturated heterocycles. The summed E-state index contributed by atoms with van der Waals surface area (Å²) in [6.45, 7) is 3.55. The summed E-state index contributed by atoms with van der Waals surface area (Å²) in [6.07, 6.45) is 2.07. The van der Waals surface area contributed by atoms with Crippen molar-refractivity contribution in [2.24, 2.45) is 0 Å². The van der Waals surface area contributed by atoms with Crippen molar-refractivity contribution in [3.8, 4) is 10.4 Å². The number of halogens is 2. The van der Waals surface area contributed by atoms with Crippen molar-refractivity contribution < 1.29 is 10.1 Å². The zero-order chi connectivity index (χ0) is 23.5. The van der Waals surface area contributed by atoms with E-state index in [4.69, 9.17) is 23.2 Å². The molecule has 1 unspecified atom stereocenters. The van der Waals surface area contributed by atoms with E-state index in [-0.39, 0.29) is 11.9 Å². The van der Waals surface area contributed by atoms with Gasteiger partial charge in [-0.15, -0.1) is 11.3 Å². The second kappa shape index (κ2) is 13.6. The molecule has 3 aromatic rings. The second-order valence-electron chi connectivity index (χ2n) is 7.88. The van der Waals surface area contributed by atoms with Crippen LogP contribution in [0.3, 0.4) is 0 Å². The fourth-order valence-corrected chi connectivity index (χ4v) is 4.86. The average Bonchev–Trinajstić information content (AvgIpc) is 3.32. The van der Waals surface area contributed by atoms with E-state index in [1.54, 1.807) is 29.5 Å². The number of carbonyl (C=O) groups excluding carboxylic acids is 1. The molecule has 1 heterocycles. The van der Waals surface area contributed by atoms with Gasteiger partial charge in [0.2, 0.25) is 0 Å². The molecule has 33 heavy (non-hydrogen) atoms. The van der Waals surface area contributed by atoms with Crippen LogP contribution in [0.4, 0.5) is 10.5 Å². The number of thiophene rings is 1. The van der Waals surface area contributed by atoms with Crippen LogP contribution in [-0.4, -0.2) is 39.3 Å². The molecule has 0 bridgehead atoms. The molecule has 0 saturated carbocycles. The van der Waals surface area contributed by atoms with E-state index < -0.39 is 0 Å². The van der Waals surface area contributed by atoms with Crippen molar-refractivity contribution in [2.75, 3.05) is 38.5 Å². The summed E-state index contributed by atoms with van der Waals surface area (Å²) in [5.74, 6) is 0.196. The minimum Gasteiger partial charge on any atom is -0.349 e. The van der Waals surface area contributed by atoms with E-state index in [1.165, 1.54) is 16.0 Å². The van der Waals surface area contributed by atoms with Crippen molar-refractivity contribution in [3.63, 3.8) is 0 Å². The van der Waals surface area contributed by atoms with E-state index in [0.29, 0.717) is 22.3 Å². The van der Waals surface area contributed by atoms with Gasteiger partial charge in [0.05, 0.1) is 13.6 Å². The zero-order valence-electron chi connectivity index (χ0n) is 18.7. The number of benzene rings is 2. The monoisotopic (exact) mass is 505 g/mol. The van der Waals surface area contributed by atoms with Crippen LogP contribution in [0, 0.1) is 0 Å². The van der Waals surface area contributed by atoms with E-state index in [1.807, 2.05) is 0 Å². The number of carbonyl (C=O) groups is 1. The average molecular weight is 507 g/mol. The van der Waals surface area contributed by atoms with Crippen molar-refractivity contribution in [2.45, 2.75) is 18.8 Å². The Morgan fingerprint density at radius 3 is 2.48 bits per heavy atom. The van der Waals surface area contributed by atoms with Gasteiger partial charge in [-0.3, -0.25) is 0 Å². The Bertz CT molecular complexity index is 976. The lowest BCUT2D eigenvalue weighted by molar-refractivity contribution is -0.627. The maximum absolute atomic E-state index is 12.5. The van der Waals surface area contributed by atoms with Crippen molar-refractivity contribution in [1.29, 1.82) is 0 Å². The quantitative estimate of drug-likeness (QED) is 0.256. The van der Waals surface area contributed by atoms with Crippen LogP contribution < -0.4 is 21.3 Å². The van der Waals surface area contributed by atoms with Crippen molar-refractivity contribution in [1.82, 2.24) is 10.6 Å². The molecule has 2 amide bonds. The lowest BCUT2D eigenvalue weighted by Gasteiger charge is -2.19. The molecule has 176 valence electrons. The smallest absolute Gasteiger partial charge is 0.319 e. The van der Waals surface area contributed by atoms with E-state index >= 15 is 0 Å².